The minimum absolute atomic E-state index is 0.370. The summed E-state index contributed by atoms with van der Waals surface area (Å²) >= 11 is 5.52. The Morgan fingerprint density at radius 2 is 1.75 bits per heavy atom. The van der Waals surface area contributed by atoms with E-state index in [9.17, 15) is 9.59 Å². The number of amides is 2. The lowest BCUT2D eigenvalue weighted by atomic mass is 10.1. The number of alkyl halides is 1. The first-order valence-electron chi connectivity index (χ1n) is 4.81. The number of hydrogen-bond donors (Lipinski definition) is 2. The fourth-order valence-electron chi connectivity index (χ4n) is 0.995. The molecule has 0 aromatic heterocycles. The van der Waals surface area contributed by atoms with Gasteiger partial charge in [0.25, 0.3) is 11.8 Å². The van der Waals surface area contributed by atoms with Gasteiger partial charge in [0.1, 0.15) is 5.38 Å². The first-order valence-corrected chi connectivity index (χ1v) is 5.25. The molecule has 0 heterocycles. The molecule has 0 bridgehead atoms. The number of rotatable bonds is 2. The Morgan fingerprint density at radius 1 is 1.19 bits per heavy atom. The Balaban J connectivity index is 2.53. The zero-order chi connectivity index (χ0) is 12.1. The van der Waals surface area contributed by atoms with E-state index in [1.807, 2.05) is 19.1 Å². The predicted octanol–water partition coefficient (Wildman–Crippen LogP) is 1.38. The van der Waals surface area contributed by atoms with Crippen LogP contribution in [-0.4, -0.2) is 17.2 Å². The number of carbonyl (C=O) groups is 2. The van der Waals surface area contributed by atoms with Crippen LogP contribution in [0.4, 0.5) is 0 Å². The van der Waals surface area contributed by atoms with Gasteiger partial charge in [0.2, 0.25) is 0 Å². The van der Waals surface area contributed by atoms with Crippen LogP contribution < -0.4 is 10.9 Å². The van der Waals surface area contributed by atoms with Crippen molar-refractivity contribution in [1.82, 2.24) is 10.9 Å². The average molecular weight is 241 g/mol. The maximum atomic E-state index is 11.5. The standard InChI is InChI=1S/C11H13ClN2O2/c1-7-3-5-9(6-4-7)11(16)14-13-10(15)8(2)12/h3-6,8H,1-2H3,(H,13,15)(H,14,16). The van der Waals surface area contributed by atoms with Gasteiger partial charge in [0.05, 0.1) is 0 Å². The van der Waals surface area contributed by atoms with Crippen molar-refractivity contribution < 1.29 is 9.59 Å². The Hall–Kier alpha value is -1.55. The molecular formula is C11H13ClN2O2. The topological polar surface area (TPSA) is 58.2 Å². The van der Waals surface area contributed by atoms with Crippen LogP contribution in [0.3, 0.4) is 0 Å². The van der Waals surface area contributed by atoms with E-state index < -0.39 is 11.3 Å². The summed E-state index contributed by atoms with van der Waals surface area (Å²) in [4.78, 5) is 22.6. The van der Waals surface area contributed by atoms with Crippen LogP contribution in [0.15, 0.2) is 24.3 Å². The second kappa shape index (κ2) is 5.51. The number of nitrogens with one attached hydrogen (secondary N) is 2. The van der Waals surface area contributed by atoms with Gasteiger partial charge in [0.15, 0.2) is 0 Å². The van der Waals surface area contributed by atoms with Gasteiger partial charge >= 0.3 is 0 Å². The van der Waals surface area contributed by atoms with Crippen LogP contribution in [0.2, 0.25) is 0 Å². The van der Waals surface area contributed by atoms with E-state index in [2.05, 4.69) is 10.9 Å². The normalized spacial score (nSPS) is 11.7. The molecule has 0 spiro atoms. The van der Waals surface area contributed by atoms with E-state index in [-0.39, 0.29) is 5.91 Å². The van der Waals surface area contributed by atoms with Gasteiger partial charge in [-0.1, -0.05) is 17.7 Å². The van der Waals surface area contributed by atoms with Crippen molar-refractivity contribution in [3.05, 3.63) is 35.4 Å². The Labute approximate surface area is 99.0 Å². The molecule has 1 aromatic rings. The molecule has 2 N–H and O–H groups in total. The molecule has 86 valence electrons. The summed E-state index contributed by atoms with van der Waals surface area (Å²) in [6.07, 6.45) is 0. The van der Waals surface area contributed by atoms with Gasteiger partial charge < -0.3 is 0 Å². The number of hydrazine groups is 1. The molecule has 0 saturated carbocycles. The van der Waals surface area contributed by atoms with Crippen molar-refractivity contribution in [3.8, 4) is 0 Å². The van der Waals surface area contributed by atoms with E-state index in [4.69, 9.17) is 11.6 Å². The maximum absolute atomic E-state index is 11.5. The zero-order valence-corrected chi connectivity index (χ0v) is 9.84. The van der Waals surface area contributed by atoms with Crippen LogP contribution in [-0.2, 0) is 4.79 Å². The molecule has 1 rings (SSSR count). The molecule has 5 heteroatoms. The van der Waals surface area contributed by atoms with Gasteiger partial charge in [-0.3, -0.25) is 20.4 Å². The Kier molecular flexibility index (Phi) is 4.31. The number of benzene rings is 1. The highest BCUT2D eigenvalue weighted by Crippen LogP contribution is 2.02. The summed E-state index contributed by atoms with van der Waals surface area (Å²) in [6, 6.07) is 7.00. The van der Waals surface area contributed by atoms with Gasteiger partial charge in [-0.15, -0.1) is 11.6 Å². The predicted molar refractivity (Wildman–Crippen MR) is 62.1 cm³/mol. The van der Waals surface area contributed by atoms with Gasteiger partial charge in [-0.25, -0.2) is 0 Å². The SMILES string of the molecule is Cc1ccc(C(=O)NNC(=O)C(C)Cl)cc1. The van der Waals surface area contributed by atoms with Crippen LogP contribution >= 0.6 is 11.6 Å². The highest BCUT2D eigenvalue weighted by Gasteiger charge is 2.10. The molecule has 0 saturated heterocycles. The van der Waals surface area contributed by atoms with E-state index in [1.54, 1.807) is 12.1 Å². The molecule has 1 unspecified atom stereocenters. The summed E-state index contributed by atoms with van der Waals surface area (Å²) in [7, 11) is 0. The molecule has 1 aromatic carbocycles. The quantitative estimate of drug-likeness (QED) is 0.606. The molecule has 4 nitrogen and oxygen atoms in total. The minimum Gasteiger partial charge on any atom is -0.272 e. The Morgan fingerprint density at radius 3 is 2.25 bits per heavy atom. The molecular weight excluding hydrogens is 228 g/mol. The molecule has 0 aliphatic carbocycles. The molecule has 1 atom stereocenters. The van der Waals surface area contributed by atoms with Crippen molar-refractivity contribution >= 4 is 23.4 Å². The molecule has 0 aliphatic rings. The van der Waals surface area contributed by atoms with Crippen molar-refractivity contribution in [3.63, 3.8) is 0 Å². The third-order valence-electron chi connectivity index (χ3n) is 1.97. The summed E-state index contributed by atoms with van der Waals surface area (Å²) in [5, 5.41) is -0.682. The summed E-state index contributed by atoms with van der Waals surface area (Å²) in [5.41, 5.74) is 6.05. The summed E-state index contributed by atoms with van der Waals surface area (Å²) < 4.78 is 0. The first kappa shape index (κ1) is 12.5. The van der Waals surface area contributed by atoms with Crippen LogP contribution in [0.1, 0.15) is 22.8 Å². The monoisotopic (exact) mass is 240 g/mol. The van der Waals surface area contributed by atoms with Crippen molar-refractivity contribution in [2.24, 2.45) is 0 Å². The van der Waals surface area contributed by atoms with Crippen molar-refractivity contribution in [2.45, 2.75) is 19.2 Å². The third kappa shape index (κ3) is 3.55. The first-order chi connectivity index (χ1) is 7.50. The zero-order valence-electron chi connectivity index (χ0n) is 9.08. The summed E-state index contributed by atoms with van der Waals surface area (Å²) in [6.45, 7) is 3.45. The second-order valence-corrected chi connectivity index (χ2v) is 4.08. The fraction of sp³-hybridized carbons (Fsp3) is 0.273. The van der Waals surface area contributed by atoms with E-state index in [0.717, 1.165) is 5.56 Å². The van der Waals surface area contributed by atoms with Gasteiger partial charge in [-0.05, 0) is 26.0 Å². The second-order valence-electron chi connectivity index (χ2n) is 3.43. The van der Waals surface area contributed by atoms with Gasteiger partial charge in [0, 0.05) is 5.56 Å². The van der Waals surface area contributed by atoms with E-state index in [0.29, 0.717) is 5.56 Å². The lowest BCUT2D eigenvalue weighted by Gasteiger charge is -2.08. The molecule has 0 fully saturated rings. The smallest absolute Gasteiger partial charge is 0.269 e. The average Bonchev–Trinajstić information content (AvgIpc) is 2.26. The van der Waals surface area contributed by atoms with Gasteiger partial charge in [-0.2, -0.15) is 0 Å². The van der Waals surface area contributed by atoms with Crippen LogP contribution in [0, 0.1) is 6.92 Å². The molecule has 16 heavy (non-hydrogen) atoms. The lowest BCUT2D eigenvalue weighted by Crippen LogP contribution is -2.44. The van der Waals surface area contributed by atoms with E-state index >= 15 is 0 Å². The third-order valence-corrected chi connectivity index (χ3v) is 2.17. The minimum atomic E-state index is -0.682. The highest BCUT2D eigenvalue weighted by molar-refractivity contribution is 6.30. The largest absolute Gasteiger partial charge is 0.272 e. The Bertz CT molecular complexity index is 387. The van der Waals surface area contributed by atoms with Crippen molar-refractivity contribution in [2.75, 3.05) is 0 Å². The number of aryl methyl sites for hydroxylation is 1. The molecule has 2 amide bonds. The highest BCUT2D eigenvalue weighted by atomic mass is 35.5. The lowest BCUT2D eigenvalue weighted by molar-refractivity contribution is -0.121. The molecule has 0 radical (unpaired) electrons. The number of halogens is 1. The molecule has 0 aliphatic heterocycles. The van der Waals surface area contributed by atoms with Crippen molar-refractivity contribution in [1.29, 1.82) is 0 Å². The maximum Gasteiger partial charge on any atom is 0.269 e. The summed E-state index contributed by atoms with van der Waals surface area (Å²) in [5.74, 6) is -0.812. The fourth-order valence-corrected chi connectivity index (χ4v) is 1.05. The number of carbonyl (C=O) groups excluding carboxylic acids is 2. The van der Waals surface area contributed by atoms with Crippen LogP contribution in [0.5, 0.6) is 0 Å². The van der Waals surface area contributed by atoms with Crippen LogP contribution in [0.25, 0.3) is 0 Å². The van der Waals surface area contributed by atoms with E-state index in [1.165, 1.54) is 6.92 Å². The number of hydrogen-bond acceptors (Lipinski definition) is 2.